The Morgan fingerprint density at radius 2 is 1.86 bits per heavy atom. The van der Waals surface area contributed by atoms with Gasteiger partial charge in [-0.15, -0.1) is 0 Å². The summed E-state index contributed by atoms with van der Waals surface area (Å²) in [6.45, 7) is 0.268. The fourth-order valence-electron chi connectivity index (χ4n) is 4.30. The molecule has 0 bridgehead atoms. The van der Waals surface area contributed by atoms with Crippen molar-refractivity contribution in [1.29, 1.82) is 0 Å². The predicted molar refractivity (Wildman–Crippen MR) is 125 cm³/mol. The fourth-order valence-corrected chi connectivity index (χ4v) is 5.31. The maximum Gasteiger partial charge on any atom is 0.416 e. The summed E-state index contributed by atoms with van der Waals surface area (Å²) in [7, 11) is -2.30. The minimum absolute atomic E-state index is 0.0353. The predicted octanol–water partition coefficient (Wildman–Crippen LogP) is 4.61. The molecule has 0 aliphatic carbocycles. The molecule has 2 aromatic carbocycles. The van der Waals surface area contributed by atoms with E-state index in [0.717, 1.165) is 12.1 Å². The number of aromatic nitrogens is 4. The van der Waals surface area contributed by atoms with Gasteiger partial charge in [0, 0.05) is 48.7 Å². The monoisotopic (exact) mass is 515 g/mol. The number of anilines is 1. The van der Waals surface area contributed by atoms with E-state index in [-0.39, 0.29) is 23.2 Å². The second kappa shape index (κ2) is 8.94. The van der Waals surface area contributed by atoms with Crippen LogP contribution in [-0.2, 0) is 23.2 Å². The maximum atomic E-state index is 13.5. The van der Waals surface area contributed by atoms with E-state index in [9.17, 15) is 21.6 Å². The molecule has 1 aliphatic heterocycles. The number of hydrogen-bond donors (Lipinski definition) is 1. The van der Waals surface area contributed by atoms with Gasteiger partial charge in [0.2, 0.25) is 0 Å². The van der Waals surface area contributed by atoms with Crippen LogP contribution in [0.4, 0.5) is 19.0 Å². The molecule has 0 radical (unpaired) electrons. The van der Waals surface area contributed by atoms with E-state index in [1.165, 1.54) is 47.7 Å². The minimum Gasteiger partial charge on any atom is -0.493 e. The molecule has 0 saturated heterocycles. The highest BCUT2D eigenvalue weighted by molar-refractivity contribution is 7.92. The van der Waals surface area contributed by atoms with E-state index in [1.807, 2.05) is 0 Å². The van der Waals surface area contributed by atoms with Crippen molar-refractivity contribution < 1.29 is 26.3 Å². The lowest BCUT2D eigenvalue weighted by atomic mass is 9.83. The van der Waals surface area contributed by atoms with Crippen LogP contribution >= 0.6 is 0 Å². The molecule has 2 aromatic heterocycles. The zero-order chi connectivity index (χ0) is 25.5. The van der Waals surface area contributed by atoms with Crippen molar-refractivity contribution in [3.05, 3.63) is 83.9 Å². The molecular formula is C24H20F3N5O3S. The van der Waals surface area contributed by atoms with Crippen LogP contribution in [0.1, 0.15) is 29.0 Å². The number of nitrogens with one attached hydrogen (secondary N) is 1. The largest absolute Gasteiger partial charge is 0.493 e. The van der Waals surface area contributed by atoms with Crippen LogP contribution in [-0.4, -0.2) is 34.8 Å². The molecule has 4 aromatic rings. The van der Waals surface area contributed by atoms with Gasteiger partial charge in [0.1, 0.15) is 5.75 Å². The first kappa shape index (κ1) is 23.8. The molecule has 0 saturated carbocycles. The molecule has 0 fully saturated rings. The van der Waals surface area contributed by atoms with Crippen LogP contribution in [0.15, 0.2) is 72.1 Å². The average Bonchev–Trinajstić information content (AvgIpc) is 3.28. The van der Waals surface area contributed by atoms with Gasteiger partial charge in [-0.3, -0.25) is 14.4 Å². The summed E-state index contributed by atoms with van der Waals surface area (Å²) >= 11 is 0. The third kappa shape index (κ3) is 4.51. The zero-order valence-electron chi connectivity index (χ0n) is 18.9. The van der Waals surface area contributed by atoms with Crippen molar-refractivity contribution in [2.24, 2.45) is 7.05 Å². The van der Waals surface area contributed by atoms with Gasteiger partial charge in [-0.1, -0.05) is 12.1 Å². The first-order chi connectivity index (χ1) is 17.1. The van der Waals surface area contributed by atoms with Crippen molar-refractivity contribution in [2.45, 2.75) is 23.4 Å². The van der Waals surface area contributed by atoms with Crippen LogP contribution in [0.5, 0.6) is 5.75 Å². The first-order valence-corrected chi connectivity index (χ1v) is 12.4. The summed E-state index contributed by atoms with van der Waals surface area (Å²) in [5, 5.41) is 4.12. The van der Waals surface area contributed by atoms with Crippen LogP contribution < -0.4 is 9.46 Å². The standard InChI is InChI=1S/C24H20F3N5O3S/c1-32-21(6-8-30-32)20-12-15(24(25,26)27)2-4-17(20)18-7-11-35-22-13-16(3-5-19(18)22)36(33,34)31-23-14-28-9-10-29-23/h2-6,8-10,12-14,18H,7,11H2,1H3,(H,29,31)/t18-/m1/s1. The van der Waals surface area contributed by atoms with Gasteiger partial charge in [-0.05, 0) is 36.2 Å². The van der Waals surface area contributed by atoms with Crippen molar-refractivity contribution in [3.63, 3.8) is 0 Å². The van der Waals surface area contributed by atoms with Gasteiger partial charge in [0.05, 0.1) is 29.0 Å². The topological polar surface area (TPSA) is 99.0 Å². The Kier molecular flexibility index (Phi) is 5.91. The van der Waals surface area contributed by atoms with Gasteiger partial charge >= 0.3 is 6.18 Å². The first-order valence-electron chi connectivity index (χ1n) is 10.9. The van der Waals surface area contributed by atoms with Crippen LogP contribution in [0.25, 0.3) is 11.3 Å². The second-order valence-electron chi connectivity index (χ2n) is 8.23. The molecule has 3 heterocycles. The Morgan fingerprint density at radius 3 is 2.56 bits per heavy atom. The molecule has 12 heteroatoms. The normalized spacial score (nSPS) is 15.7. The van der Waals surface area contributed by atoms with E-state index < -0.39 is 21.8 Å². The lowest BCUT2D eigenvalue weighted by Crippen LogP contribution is -2.19. The SMILES string of the molecule is Cn1nccc1-c1cc(C(F)(F)F)ccc1[C@H]1CCOc2cc(S(=O)(=O)Nc3cnccn3)ccc21. The van der Waals surface area contributed by atoms with Gasteiger partial charge in [0.25, 0.3) is 10.0 Å². The molecule has 186 valence electrons. The summed E-state index contributed by atoms with van der Waals surface area (Å²) in [5.74, 6) is 0.106. The number of sulfonamides is 1. The quantitative estimate of drug-likeness (QED) is 0.417. The molecule has 0 spiro atoms. The lowest BCUT2D eigenvalue weighted by molar-refractivity contribution is -0.137. The number of benzene rings is 2. The molecule has 0 unspecified atom stereocenters. The number of ether oxygens (including phenoxy) is 1. The number of fused-ring (bicyclic) bond motifs is 1. The van der Waals surface area contributed by atoms with Crippen LogP contribution in [0.3, 0.4) is 0 Å². The highest BCUT2D eigenvalue weighted by atomic mass is 32.2. The Balaban J connectivity index is 1.56. The van der Waals surface area contributed by atoms with Gasteiger partial charge < -0.3 is 4.74 Å². The molecule has 8 nitrogen and oxygen atoms in total. The van der Waals surface area contributed by atoms with Crippen molar-refractivity contribution in [2.75, 3.05) is 11.3 Å². The summed E-state index contributed by atoms with van der Waals surface area (Å²) in [6, 6.07) is 9.81. The summed E-state index contributed by atoms with van der Waals surface area (Å²) in [4.78, 5) is 7.73. The summed E-state index contributed by atoms with van der Waals surface area (Å²) < 4.78 is 76.0. The average molecular weight is 516 g/mol. The fraction of sp³-hybridized carbons (Fsp3) is 0.208. The minimum atomic E-state index is -4.50. The highest BCUT2D eigenvalue weighted by Crippen LogP contribution is 2.44. The van der Waals surface area contributed by atoms with E-state index in [1.54, 1.807) is 19.2 Å². The van der Waals surface area contributed by atoms with Gasteiger partial charge in [-0.2, -0.15) is 18.3 Å². The summed E-state index contributed by atoms with van der Waals surface area (Å²) in [6.07, 6.45) is 1.60. The van der Waals surface area contributed by atoms with E-state index in [4.69, 9.17) is 4.74 Å². The molecule has 0 amide bonds. The molecule has 1 N–H and O–H groups in total. The third-order valence-electron chi connectivity index (χ3n) is 5.99. The van der Waals surface area contributed by atoms with Gasteiger partial charge in [0.15, 0.2) is 5.82 Å². The highest BCUT2D eigenvalue weighted by Gasteiger charge is 2.33. The lowest BCUT2D eigenvalue weighted by Gasteiger charge is -2.28. The van der Waals surface area contributed by atoms with Crippen molar-refractivity contribution >= 4 is 15.8 Å². The van der Waals surface area contributed by atoms with E-state index in [0.29, 0.717) is 34.6 Å². The molecule has 1 aliphatic rings. The number of nitrogens with zero attached hydrogens (tertiary/aromatic N) is 4. The van der Waals surface area contributed by atoms with Crippen LogP contribution in [0.2, 0.25) is 0 Å². The van der Waals surface area contributed by atoms with Crippen LogP contribution in [0, 0.1) is 0 Å². The summed E-state index contributed by atoms with van der Waals surface area (Å²) in [5.41, 5.74) is 1.54. The number of halogens is 3. The maximum absolute atomic E-state index is 13.5. The van der Waals surface area contributed by atoms with Gasteiger partial charge in [-0.25, -0.2) is 13.4 Å². The smallest absolute Gasteiger partial charge is 0.416 e. The Hall–Kier alpha value is -3.93. The number of aryl methyl sites for hydroxylation is 1. The van der Waals surface area contributed by atoms with E-state index in [2.05, 4.69) is 19.8 Å². The third-order valence-corrected chi connectivity index (χ3v) is 7.34. The Labute approximate surface area is 204 Å². The van der Waals surface area contributed by atoms with Crippen molar-refractivity contribution in [3.8, 4) is 17.0 Å². The molecule has 36 heavy (non-hydrogen) atoms. The Bertz CT molecular complexity index is 1520. The number of alkyl halides is 3. The second-order valence-corrected chi connectivity index (χ2v) is 9.91. The molecular weight excluding hydrogens is 495 g/mol. The van der Waals surface area contributed by atoms with E-state index >= 15 is 0 Å². The molecule has 1 atom stereocenters. The Morgan fingerprint density at radius 1 is 1.06 bits per heavy atom. The number of rotatable bonds is 5. The van der Waals surface area contributed by atoms with Crippen molar-refractivity contribution in [1.82, 2.24) is 19.7 Å². The number of hydrogen-bond acceptors (Lipinski definition) is 6. The molecule has 5 rings (SSSR count). The zero-order valence-corrected chi connectivity index (χ0v) is 19.7.